The van der Waals surface area contributed by atoms with Crippen LogP contribution >= 0.6 is 11.3 Å². The number of aromatic nitrogens is 2. The molecule has 0 spiro atoms. The normalized spacial score (nSPS) is 13.8. The molecule has 1 fully saturated rings. The van der Waals surface area contributed by atoms with Crippen LogP contribution in [0.5, 0.6) is 0 Å². The van der Waals surface area contributed by atoms with E-state index in [0.29, 0.717) is 52.7 Å². The van der Waals surface area contributed by atoms with Crippen molar-refractivity contribution in [2.75, 3.05) is 38.3 Å². The van der Waals surface area contributed by atoms with Crippen LogP contribution in [0, 0.1) is 6.92 Å². The zero-order valence-corrected chi connectivity index (χ0v) is 20.7. The zero-order chi connectivity index (χ0) is 24.4. The van der Waals surface area contributed by atoms with Crippen LogP contribution < -0.4 is 10.5 Å². The summed E-state index contributed by atoms with van der Waals surface area (Å²) >= 11 is 1.29. The second kappa shape index (κ2) is 10.0. The summed E-state index contributed by atoms with van der Waals surface area (Å²) in [7, 11) is 1.81. The quantitative estimate of drug-likeness (QED) is 0.444. The summed E-state index contributed by atoms with van der Waals surface area (Å²) in [6.45, 7) is 5.39. The number of aromatic amines is 1. The third kappa shape index (κ3) is 4.85. The van der Waals surface area contributed by atoms with Gasteiger partial charge in [0.25, 0.3) is 11.5 Å². The van der Waals surface area contributed by atoms with Crippen molar-refractivity contribution >= 4 is 33.1 Å². The van der Waals surface area contributed by atoms with E-state index in [4.69, 9.17) is 4.74 Å². The first-order valence-electron chi connectivity index (χ1n) is 11.7. The number of carbonyl (C=O) groups is 1. The van der Waals surface area contributed by atoms with Crippen LogP contribution in [0.4, 0.5) is 5.69 Å². The number of morpholine rings is 1. The minimum absolute atomic E-state index is 0.105. The summed E-state index contributed by atoms with van der Waals surface area (Å²) in [5.41, 5.74) is 3.77. The maximum atomic E-state index is 13.5. The molecule has 2 aromatic carbocycles. The van der Waals surface area contributed by atoms with E-state index in [9.17, 15) is 9.59 Å². The number of benzene rings is 2. The molecule has 1 aliphatic heterocycles. The number of nitrogens with zero attached hydrogens (tertiary/aromatic N) is 3. The van der Waals surface area contributed by atoms with Gasteiger partial charge in [0.1, 0.15) is 10.7 Å². The molecule has 0 saturated carbocycles. The van der Waals surface area contributed by atoms with Crippen molar-refractivity contribution in [1.29, 1.82) is 0 Å². The maximum Gasteiger partial charge on any atom is 0.264 e. The zero-order valence-electron chi connectivity index (χ0n) is 19.9. The van der Waals surface area contributed by atoms with E-state index in [1.165, 1.54) is 11.3 Å². The van der Waals surface area contributed by atoms with E-state index >= 15 is 0 Å². The lowest BCUT2D eigenvalue weighted by Gasteiger charge is -2.31. The summed E-state index contributed by atoms with van der Waals surface area (Å²) in [4.78, 5) is 39.1. The van der Waals surface area contributed by atoms with Crippen molar-refractivity contribution in [2.45, 2.75) is 19.9 Å². The van der Waals surface area contributed by atoms with Crippen molar-refractivity contribution < 1.29 is 9.53 Å². The van der Waals surface area contributed by atoms with E-state index in [0.717, 1.165) is 29.9 Å². The summed E-state index contributed by atoms with van der Waals surface area (Å²) in [5, 5.41) is 0.497. The fraction of sp³-hybridized carbons (Fsp3) is 0.296. The van der Waals surface area contributed by atoms with E-state index in [1.807, 2.05) is 49.4 Å². The third-order valence-electron chi connectivity index (χ3n) is 6.36. The number of carbonyl (C=O) groups excluding carboxylic acids is 1. The van der Waals surface area contributed by atoms with Crippen molar-refractivity contribution in [3.63, 3.8) is 0 Å². The van der Waals surface area contributed by atoms with Crippen LogP contribution in [-0.2, 0) is 17.7 Å². The van der Waals surface area contributed by atoms with Crippen LogP contribution in [0.25, 0.3) is 10.2 Å². The Labute approximate surface area is 208 Å². The first-order chi connectivity index (χ1) is 17.0. The molecule has 5 rings (SSSR count). The predicted molar refractivity (Wildman–Crippen MR) is 139 cm³/mol. The van der Waals surface area contributed by atoms with Gasteiger partial charge < -0.3 is 19.5 Å². The van der Waals surface area contributed by atoms with Gasteiger partial charge in [-0.3, -0.25) is 9.59 Å². The Balaban J connectivity index is 1.40. The summed E-state index contributed by atoms with van der Waals surface area (Å²) in [6.07, 6.45) is 0.532. The van der Waals surface area contributed by atoms with Crippen molar-refractivity contribution in [1.82, 2.24) is 14.9 Å². The minimum Gasteiger partial charge on any atom is -0.378 e. The molecule has 0 atom stereocenters. The van der Waals surface area contributed by atoms with Crippen molar-refractivity contribution in [3.05, 3.63) is 92.3 Å². The molecule has 8 heteroatoms. The summed E-state index contributed by atoms with van der Waals surface area (Å²) < 4.78 is 5.49. The molecule has 7 nitrogen and oxygen atoms in total. The van der Waals surface area contributed by atoms with Crippen LogP contribution in [-0.4, -0.2) is 54.1 Å². The number of para-hydroxylation sites is 1. The van der Waals surface area contributed by atoms with Crippen LogP contribution in [0.2, 0.25) is 0 Å². The lowest BCUT2D eigenvalue weighted by Crippen LogP contribution is -2.37. The monoisotopic (exact) mass is 488 g/mol. The van der Waals surface area contributed by atoms with Crippen molar-refractivity contribution in [3.8, 4) is 0 Å². The Morgan fingerprint density at radius 3 is 2.60 bits per heavy atom. The summed E-state index contributed by atoms with van der Waals surface area (Å²) in [5.74, 6) is 0.494. The highest BCUT2D eigenvalue weighted by atomic mass is 32.1. The largest absolute Gasteiger partial charge is 0.378 e. The van der Waals surface area contributed by atoms with Gasteiger partial charge in [-0.25, -0.2) is 4.98 Å². The van der Waals surface area contributed by atoms with Crippen LogP contribution in [0.15, 0.2) is 59.4 Å². The first-order valence-corrected chi connectivity index (χ1v) is 12.5. The Kier molecular flexibility index (Phi) is 6.66. The molecule has 180 valence electrons. The number of hydrogen-bond acceptors (Lipinski definition) is 6. The Morgan fingerprint density at radius 2 is 1.83 bits per heavy atom. The first kappa shape index (κ1) is 23.3. The van der Waals surface area contributed by atoms with Crippen LogP contribution in [0.1, 0.15) is 32.2 Å². The highest BCUT2D eigenvalue weighted by Crippen LogP contribution is 2.29. The minimum atomic E-state index is -0.200. The maximum absolute atomic E-state index is 13.5. The average molecular weight is 489 g/mol. The van der Waals surface area contributed by atoms with Crippen molar-refractivity contribution in [2.24, 2.45) is 0 Å². The van der Waals surface area contributed by atoms with Gasteiger partial charge in [0.2, 0.25) is 0 Å². The molecule has 0 aliphatic carbocycles. The smallest absolute Gasteiger partial charge is 0.264 e. The second-order valence-electron chi connectivity index (χ2n) is 8.80. The molecular formula is C27H28N4O3S. The lowest BCUT2D eigenvalue weighted by molar-refractivity contribution is 0.0789. The molecule has 0 unspecified atom stereocenters. The molecule has 2 aromatic heterocycles. The molecule has 1 saturated heterocycles. The predicted octanol–water partition coefficient (Wildman–Crippen LogP) is 3.99. The van der Waals surface area contributed by atoms with Gasteiger partial charge in [-0.2, -0.15) is 0 Å². The molecule has 1 aliphatic rings. The number of thiophene rings is 1. The number of ether oxygens (including phenoxy) is 1. The highest BCUT2D eigenvalue weighted by molar-refractivity contribution is 7.20. The van der Waals surface area contributed by atoms with E-state index < -0.39 is 0 Å². The molecular weight excluding hydrogens is 460 g/mol. The number of anilines is 1. The van der Waals surface area contributed by atoms with Gasteiger partial charge in [-0.1, -0.05) is 48.5 Å². The van der Waals surface area contributed by atoms with Crippen LogP contribution in [0.3, 0.4) is 0 Å². The van der Waals surface area contributed by atoms with Gasteiger partial charge in [0.15, 0.2) is 0 Å². The molecule has 0 radical (unpaired) electrons. The standard InChI is InChI=1S/C27H28N4O3S/c1-18-23-25(32)28-22(16-19-8-4-3-5-9-19)29-26(23)35-24(18)27(33)30(2)17-20-10-6-7-11-21(20)31-12-14-34-15-13-31/h3-11H,12-17H2,1-2H3,(H,28,29,32). The highest BCUT2D eigenvalue weighted by Gasteiger charge is 2.23. The Bertz CT molecular complexity index is 1410. The Morgan fingerprint density at radius 1 is 1.11 bits per heavy atom. The molecule has 4 aromatic rings. The summed E-state index contributed by atoms with van der Waals surface area (Å²) in [6, 6.07) is 18.1. The molecule has 3 heterocycles. The number of rotatable bonds is 6. The van der Waals surface area contributed by atoms with E-state index in [-0.39, 0.29) is 11.5 Å². The number of fused-ring (bicyclic) bond motifs is 1. The SMILES string of the molecule is Cc1c(C(=O)N(C)Cc2ccccc2N2CCOCC2)sc2nc(Cc3ccccc3)[nH]c(=O)c12. The molecule has 1 N–H and O–H groups in total. The van der Waals surface area contributed by atoms with Gasteiger partial charge >= 0.3 is 0 Å². The topological polar surface area (TPSA) is 78.5 Å². The molecule has 35 heavy (non-hydrogen) atoms. The number of H-pyrrole nitrogens is 1. The second-order valence-corrected chi connectivity index (χ2v) is 9.80. The fourth-order valence-corrected chi connectivity index (χ4v) is 5.72. The fourth-order valence-electron chi connectivity index (χ4n) is 4.52. The van der Waals surface area contributed by atoms with Gasteiger partial charge in [0.05, 0.1) is 23.5 Å². The number of aryl methyl sites for hydroxylation is 1. The van der Waals surface area contributed by atoms with Gasteiger partial charge in [-0.05, 0) is 29.7 Å². The third-order valence-corrected chi connectivity index (χ3v) is 7.53. The van der Waals surface area contributed by atoms with E-state index in [2.05, 4.69) is 27.0 Å². The van der Waals surface area contributed by atoms with Gasteiger partial charge in [-0.15, -0.1) is 11.3 Å². The number of amides is 1. The molecule has 1 amide bonds. The lowest BCUT2D eigenvalue weighted by atomic mass is 10.1. The van der Waals surface area contributed by atoms with Gasteiger partial charge in [0, 0.05) is 38.8 Å². The number of hydrogen-bond donors (Lipinski definition) is 1. The van der Waals surface area contributed by atoms with E-state index in [1.54, 1.807) is 11.9 Å². The molecule has 0 bridgehead atoms. The average Bonchev–Trinajstić information content (AvgIpc) is 3.21. The number of nitrogens with one attached hydrogen (secondary N) is 1. The Hall–Kier alpha value is -3.49.